The van der Waals surface area contributed by atoms with E-state index in [1.807, 2.05) is 0 Å². The fourth-order valence-corrected chi connectivity index (χ4v) is 4.59. The first kappa shape index (κ1) is 23.9. The third kappa shape index (κ3) is 5.45. The van der Waals surface area contributed by atoms with Gasteiger partial charge in [0, 0.05) is 17.8 Å². The summed E-state index contributed by atoms with van der Waals surface area (Å²) in [6.07, 6.45) is 4.28. The second kappa shape index (κ2) is 10.3. The van der Waals surface area contributed by atoms with Gasteiger partial charge in [-0.15, -0.1) is 0 Å². The summed E-state index contributed by atoms with van der Waals surface area (Å²) in [7, 11) is 1.54. The van der Waals surface area contributed by atoms with E-state index in [1.165, 1.54) is 7.11 Å². The van der Waals surface area contributed by atoms with Gasteiger partial charge in [0.2, 0.25) is 11.8 Å². The molecule has 1 saturated heterocycles. The number of nitrogens with one attached hydrogen (secondary N) is 4. The van der Waals surface area contributed by atoms with Gasteiger partial charge in [0.1, 0.15) is 23.5 Å². The zero-order valence-electron chi connectivity index (χ0n) is 18.9. The average Bonchev–Trinajstić information content (AvgIpc) is 3.53. The number of hydrogen-bond acceptors (Lipinski definition) is 5. The quantitative estimate of drug-likeness (QED) is 0.433. The molecule has 4 N–H and O–H groups in total. The van der Waals surface area contributed by atoms with Gasteiger partial charge in [-0.3, -0.25) is 14.4 Å². The highest BCUT2D eigenvalue weighted by molar-refractivity contribution is 6.35. The van der Waals surface area contributed by atoms with Gasteiger partial charge >= 0.3 is 0 Å². The standard InChI is InChI=1S/C24H28ClN5O4/c1-34-20-7-6-17(25)21-16(20)11-19(29-21)24(33)30-18(9-13-4-5-13)23(32)28-15(12-26)10-14-3-2-8-27-22(14)31/h6-7,11,13-15,18,29H,2-5,8-10H2,1H3,(H,27,31)(H,28,32)(H,30,33)/t14-,15?,18?/m0/s1. The highest BCUT2D eigenvalue weighted by Crippen LogP contribution is 2.34. The number of nitrogens with zero attached hydrogens (tertiary/aromatic N) is 1. The molecule has 0 spiro atoms. The number of aromatic amines is 1. The molecule has 9 nitrogen and oxygen atoms in total. The Morgan fingerprint density at radius 3 is 2.74 bits per heavy atom. The lowest BCUT2D eigenvalue weighted by molar-refractivity contribution is -0.128. The molecule has 3 atom stereocenters. The molecule has 4 rings (SSSR count). The van der Waals surface area contributed by atoms with Gasteiger partial charge in [0.15, 0.2) is 0 Å². The van der Waals surface area contributed by atoms with Crippen molar-refractivity contribution in [3.8, 4) is 11.8 Å². The Labute approximate surface area is 202 Å². The van der Waals surface area contributed by atoms with Crippen LogP contribution in [0.1, 0.15) is 49.0 Å². The summed E-state index contributed by atoms with van der Waals surface area (Å²) in [5.74, 6) is -0.327. The number of amides is 3. The molecule has 3 amide bonds. The minimum Gasteiger partial charge on any atom is -0.496 e. The first-order chi connectivity index (χ1) is 16.4. The monoisotopic (exact) mass is 485 g/mol. The van der Waals surface area contributed by atoms with Crippen molar-refractivity contribution in [3.05, 3.63) is 28.9 Å². The lowest BCUT2D eigenvalue weighted by atomic mass is 9.92. The maximum absolute atomic E-state index is 13.1. The van der Waals surface area contributed by atoms with Gasteiger partial charge < -0.3 is 25.7 Å². The summed E-state index contributed by atoms with van der Waals surface area (Å²) in [6.45, 7) is 0.638. The summed E-state index contributed by atoms with van der Waals surface area (Å²) in [6, 6.07) is 5.53. The van der Waals surface area contributed by atoms with Crippen molar-refractivity contribution in [2.24, 2.45) is 11.8 Å². The van der Waals surface area contributed by atoms with Crippen molar-refractivity contribution >= 4 is 40.2 Å². The van der Waals surface area contributed by atoms with Crippen LogP contribution in [-0.4, -0.2) is 48.4 Å². The van der Waals surface area contributed by atoms with Crippen molar-refractivity contribution in [1.82, 2.24) is 20.9 Å². The third-order valence-corrected chi connectivity index (χ3v) is 6.76. The van der Waals surface area contributed by atoms with Crippen LogP contribution in [0.3, 0.4) is 0 Å². The molecule has 2 unspecified atom stereocenters. The molecule has 34 heavy (non-hydrogen) atoms. The van der Waals surface area contributed by atoms with E-state index in [0.717, 1.165) is 19.3 Å². The minimum atomic E-state index is -0.809. The maximum atomic E-state index is 13.1. The van der Waals surface area contributed by atoms with Gasteiger partial charge in [-0.25, -0.2) is 0 Å². The van der Waals surface area contributed by atoms with Crippen LogP contribution >= 0.6 is 11.6 Å². The van der Waals surface area contributed by atoms with Crippen LogP contribution in [0.5, 0.6) is 5.75 Å². The van der Waals surface area contributed by atoms with Gasteiger partial charge in [-0.05, 0) is 49.8 Å². The molecule has 2 fully saturated rings. The molecule has 0 radical (unpaired) electrons. The molecule has 1 aliphatic carbocycles. The number of carbonyl (C=O) groups excluding carboxylic acids is 3. The third-order valence-electron chi connectivity index (χ3n) is 6.45. The van der Waals surface area contributed by atoms with Crippen LogP contribution in [-0.2, 0) is 9.59 Å². The van der Waals surface area contributed by atoms with Crippen molar-refractivity contribution in [2.45, 2.75) is 50.6 Å². The number of carbonyl (C=O) groups is 3. The molecule has 0 bridgehead atoms. The summed E-state index contributed by atoms with van der Waals surface area (Å²) in [5.41, 5.74) is 0.829. The number of piperidine rings is 1. The predicted octanol–water partition coefficient (Wildman–Crippen LogP) is 2.65. The summed E-state index contributed by atoms with van der Waals surface area (Å²) >= 11 is 6.26. The number of methoxy groups -OCH3 is 1. The molecule has 1 aliphatic heterocycles. The first-order valence-electron chi connectivity index (χ1n) is 11.5. The highest BCUT2D eigenvalue weighted by Gasteiger charge is 2.33. The number of rotatable bonds is 9. The molecular weight excluding hydrogens is 458 g/mol. The van der Waals surface area contributed by atoms with Crippen molar-refractivity contribution in [2.75, 3.05) is 13.7 Å². The Bertz CT molecular complexity index is 1140. The summed E-state index contributed by atoms with van der Waals surface area (Å²) in [4.78, 5) is 41.2. The SMILES string of the molecule is COc1ccc(Cl)c2[nH]c(C(=O)NC(CC3CC3)C(=O)NC(C#N)C[C@@H]3CCCNC3=O)cc12. The molecule has 2 aliphatic rings. The number of hydrogen-bond donors (Lipinski definition) is 4. The van der Waals surface area contributed by atoms with E-state index in [-0.39, 0.29) is 23.9 Å². The molecule has 2 aromatic rings. The zero-order valence-corrected chi connectivity index (χ0v) is 19.7. The van der Waals surface area contributed by atoms with E-state index >= 15 is 0 Å². The van der Waals surface area contributed by atoms with E-state index in [0.29, 0.717) is 47.0 Å². The van der Waals surface area contributed by atoms with Gasteiger partial charge in [-0.2, -0.15) is 5.26 Å². The van der Waals surface area contributed by atoms with Crippen LogP contribution in [0.4, 0.5) is 0 Å². The van der Waals surface area contributed by atoms with Gasteiger partial charge in [0.05, 0.1) is 23.7 Å². The van der Waals surface area contributed by atoms with E-state index < -0.39 is 23.9 Å². The Morgan fingerprint density at radius 2 is 2.06 bits per heavy atom. The predicted molar refractivity (Wildman–Crippen MR) is 126 cm³/mol. The van der Waals surface area contributed by atoms with Crippen LogP contribution < -0.4 is 20.7 Å². The smallest absolute Gasteiger partial charge is 0.268 e. The fraction of sp³-hybridized carbons (Fsp3) is 0.500. The Balaban J connectivity index is 1.46. The van der Waals surface area contributed by atoms with E-state index in [1.54, 1.807) is 18.2 Å². The Morgan fingerprint density at radius 1 is 1.26 bits per heavy atom. The van der Waals surface area contributed by atoms with Crippen LogP contribution in [0.15, 0.2) is 18.2 Å². The molecule has 2 heterocycles. The topological polar surface area (TPSA) is 136 Å². The maximum Gasteiger partial charge on any atom is 0.268 e. The largest absolute Gasteiger partial charge is 0.496 e. The first-order valence-corrected chi connectivity index (χ1v) is 11.9. The highest BCUT2D eigenvalue weighted by atomic mass is 35.5. The van der Waals surface area contributed by atoms with Crippen LogP contribution in [0.25, 0.3) is 10.9 Å². The Kier molecular flexibility index (Phi) is 7.27. The second-order valence-electron chi connectivity index (χ2n) is 8.98. The lowest BCUT2D eigenvalue weighted by Crippen LogP contribution is -2.50. The normalized spacial score (nSPS) is 19.6. The number of fused-ring (bicyclic) bond motifs is 1. The number of halogens is 1. The fourth-order valence-electron chi connectivity index (χ4n) is 4.38. The van der Waals surface area contributed by atoms with Gasteiger partial charge in [-0.1, -0.05) is 24.4 Å². The van der Waals surface area contributed by atoms with E-state index in [2.05, 4.69) is 27.0 Å². The van der Waals surface area contributed by atoms with Crippen molar-refractivity contribution < 1.29 is 19.1 Å². The average molecular weight is 486 g/mol. The summed E-state index contributed by atoms with van der Waals surface area (Å²) in [5, 5.41) is 19.0. The van der Waals surface area contributed by atoms with Crippen molar-refractivity contribution in [3.63, 3.8) is 0 Å². The number of H-pyrrole nitrogens is 1. The second-order valence-corrected chi connectivity index (χ2v) is 9.39. The molecule has 1 aromatic heterocycles. The van der Waals surface area contributed by atoms with Crippen LogP contribution in [0, 0.1) is 23.2 Å². The molecule has 180 valence electrons. The molecule has 10 heteroatoms. The number of ether oxygens (including phenoxy) is 1. The van der Waals surface area contributed by atoms with Crippen LogP contribution in [0.2, 0.25) is 5.02 Å². The van der Waals surface area contributed by atoms with Crippen molar-refractivity contribution in [1.29, 1.82) is 5.26 Å². The minimum absolute atomic E-state index is 0.0866. The summed E-state index contributed by atoms with van der Waals surface area (Å²) < 4.78 is 5.35. The van der Waals surface area contributed by atoms with Gasteiger partial charge in [0.25, 0.3) is 5.91 Å². The zero-order chi connectivity index (χ0) is 24.2. The molecular formula is C24H28ClN5O4. The number of aromatic nitrogens is 1. The molecule has 1 saturated carbocycles. The Hall–Kier alpha value is -3.25. The lowest BCUT2D eigenvalue weighted by Gasteiger charge is -2.25. The number of benzene rings is 1. The van der Waals surface area contributed by atoms with E-state index in [4.69, 9.17) is 16.3 Å². The van der Waals surface area contributed by atoms with E-state index in [9.17, 15) is 19.6 Å². The molecule has 1 aromatic carbocycles. The number of nitriles is 1.